The van der Waals surface area contributed by atoms with E-state index in [1.54, 1.807) is 18.2 Å². The van der Waals surface area contributed by atoms with Crippen molar-refractivity contribution in [2.24, 2.45) is 0 Å². The van der Waals surface area contributed by atoms with Crippen molar-refractivity contribution < 1.29 is 32.5 Å². The molecule has 1 aromatic heterocycles. The van der Waals surface area contributed by atoms with E-state index in [9.17, 15) is 13.2 Å². The largest absolute Gasteiger partial charge is 0.497 e. The molecule has 33 heavy (non-hydrogen) atoms. The molecule has 0 unspecified atom stereocenters. The fourth-order valence-electron chi connectivity index (χ4n) is 2.95. The molecule has 0 aliphatic heterocycles. The Morgan fingerprint density at radius 2 is 1.79 bits per heavy atom. The first-order valence-corrected chi connectivity index (χ1v) is 11.8. The molecular formula is C23H21NO7S2. The summed E-state index contributed by atoms with van der Waals surface area (Å²) in [6.45, 7) is -0.259. The Balaban J connectivity index is 2.01. The number of hydrogen-bond donors (Lipinski definition) is 2. The third kappa shape index (κ3) is 5.46. The maximum Gasteiger partial charge on any atom is 0.268 e. The molecular weight excluding hydrogens is 466 g/mol. The summed E-state index contributed by atoms with van der Waals surface area (Å²) >= 11 is 1.33. The highest BCUT2D eigenvalue weighted by molar-refractivity contribution is 7.90. The zero-order valence-electron chi connectivity index (χ0n) is 18.0. The number of amides is 1. The van der Waals surface area contributed by atoms with Gasteiger partial charge in [0, 0.05) is 22.6 Å². The maximum atomic E-state index is 13.0. The molecule has 0 bridgehead atoms. The lowest BCUT2D eigenvalue weighted by Crippen LogP contribution is -2.31. The second-order valence-corrected chi connectivity index (χ2v) is 9.26. The average Bonchev–Trinajstić information content (AvgIpc) is 3.30. The molecule has 0 atom stereocenters. The Morgan fingerprint density at radius 1 is 1.03 bits per heavy atom. The number of carbonyl (C=O) groups excluding carboxylic acids is 1. The molecule has 1 heterocycles. The van der Waals surface area contributed by atoms with Gasteiger partial charge in [-0.25, -0.2) is 13.1 Å². The van der Waals surface area contributed by atoms with Gasteiger partial charge in [0.2, 0.25) is 0 Å². The molecule has 0 radical (unpaired) electrons. The predicted octanol–water partition coefficient (Wildman–Crippen LogP) is 2.90. The number of nitrogens with one attached hydrogen (secondary N) is 1. The van der Waals surface area contributed by atoms with Crippen LogP contribution in [0.25, 0.3) is 10.4 Å². The first-order chi connectivity index (χ1) is 15.8. The number of benzene rings is 2. The molecule has 0 saturated carbocycles. The fraction of sp³-hybridized carbons (Fsp3) is 0.174. The van der Waals surface area contributed by atoms with Crippen molar-refractivity contribution in [3.63, 3.8) is 0 Å². The van der Waals surface area contributed by atoms with Gasteiger partial charge in [0.1, 0.15) is 23.9 Å². The summed E-state index contributed by atoms with van der Waals surface area (Å²) in [7, 11) is 0.0939. The van der Waals surface area contributed by atoms with Crippen molar-refractivity contribution in [1.29, 1.82) is 0 Å². The molecule has 0 saturated heterocycles. The summed E-state index contributed by atoms with van der Waals surface area (Å²) in [6, 6.07) is 12.4. The van der Waals surface area contributed by atoms with Crippen molar-refractivity contribution in [3.8, 4) is 39.5 Å². The van der Waals surface area contributed by atoms with E-state index < -0.39 is 15.9 Å². The van der Waals surface area contributed by atoms with E-state index >= 15 is 0 Å². The van der Waals surface area contributed by atoms with Crippen LogP contribution in [0.4, 0.5) is 0 Å². The third-order valence-corrected chi connectivity index (χ3v) is 6.87. The van der Waals surface area contributed by atoms with Gasteiger partial charge in [-0.3, -0.25) is 4.79 Å². The molecule has 1 amide bonds. The van der Waals surface area contributed by atoms with Gasteiger partial charge in [-0.15, -0.1) is 11.3 Å². The van der Waals surface area contributed by atoms with Crippen LogP contribution in [0.15, 0.2) is 53.4 Å². The van der Waals surface area contributed by atoms with E-state index in [2.05, 4.69) is 16.6 Å². The lowest BCUT2D eigenvalue weighted by molar-refractivity contribution is 0.0978. The molecule has 0 aliphatic rings. The first kappa shape index (κ1) is 24.1. The van der Waals surface area contributed by atoms with Crippen LogP contribution >= 0.6 is 11.3 Å². The van der Waals surface area contributed by atoms with Crippen LogP contribution < -0.4 is 18.9 Å². The van der Waals surface area contributed by atoms with Crippen molar-refractivity contribution in [3.05, 3.63) is 59.0 Å². The summed E-state index contributed by atoms with van der Waals surface area (Å²) in [4.78, 5) is 14.3. The summed E-state index contributed by atoms with van der Waals surface area (Å²) in [5.74, 6) is 5.46. The van der Waals surface area contributed by atoms with Crippen molar-refractivity contribution in [1.82, 2.24) is 4.72 Å². The number of hydrogen-bond acceptors (Lipinski definition) is 8. The second kappa shape index (κ2) is 10.4. The highest BCUT2D eigenvalue weighted by Crippen LogP contribution is 2.39. The maximum absolute atomic E-state index is 13.0. The Kier molecular flexibility index (Phi) is 7.60. The van der Waals surface area contributed by atoms with Crippen LogP contribution in [0, 0.1) is 11.8 Å². The lowest BCUT2D eigenvalue weighted by atomic mass is 10.1. The van der Waals surface area contributed by atoms with Gasteiger partial charge >= 0.3 is 0 Å². The summed E-state index contributed by atoms with van der Waals surface area (Å²) in [6.07, 6.45) is 0. The Morgan fingerprint density at radius 3 is 2.45 bits per heavy atom. The Bertz CT molecular complexity index is 1330. The number of thiophene rings is 1. The van der Waals surface area contributed by atoms with Gasteiger partial charge in [0.25, 0.3) is 15.9 Å². The molecule has 0 fully saturated rings. The molecule has 10 heteroatoms. The Hall–Kier alpha value is -3.52. The van der Waals surface area contributed by atoms with E-state index in [4.69, 9.17) is 19.3 Å². The number of aliphatic hydroxyl groups is 1. The minimum Gasteiger partial charge on any atom is -0.497 e. The number of aliphatic hydroxyl groups excluding tert-OH is 1. The standard InChI is InChI=1S/C23H21NO7S2/c1-29-15-6-4-8-17(12-15)33(27,28)24-23(26)19-13-18(20(30-2)14-21(19)31-3)22-10-9-16(32-22)7-5-11-25/h4,6,8-10,12-14,25H,11H2,1-3H3,(H,24,26). The topological polar surface area (TPSA) is 111 Å². The van der Waals surface area contributed by atoms with Crippen molar-refractivity contribution in [2.45, 2.75) is 4.90 Å². The van der Waals surface area contributed by atoms with Crippen LogP contribution in [0.2, 0.25) is 0 Å². The molecule has 2 N–H and O–H groups in total. The Labute approximate surface area is 195 Å². The van der Waals surface area contributed by atoms with E-state index in [0.717, 1.165) is 4.88 Å². The number of carbonyl (C=O) groups is 1. The summed E-state index contributed by atoms with van der Waals surface area (Å²) < 4.78 is 43.5. The monoisotopic (exact) mass is 487 g/mol. The normalized spacial score (nSPS) is 10.7. The number of rotatable bonds is 7. The lowest BCUT2D eigenvalue weighted by Gasteiger charge is -2.14. The third-order valence-electron chi connectivity index (χ3n) is 4.51. The van der Waals surface area contributed by atoms with E-state index in [-0.39, 0.29) is 22.8 Å². The van der Waals surface area contributed by atoms with Crippen LogP contribution in [0.1, 0.15) is 15.2 Å². The minimum absolute atomic E-state index is 0.0103. The van der Waals surface area contributed by atoms with Crippen molar-refractivity contribution in [2.75, 3.05) is 27.9 Å². The molecule has 0 spiro atoms. The summed E-state index contributed by atoms with van der Waals surface area (Å²) in [5.41, 5.74) is 0.570. The fourth-order valence-corrected chi connectivity index (χ4v) is 4.85. The minimum atomic E-state index is -4.17. The smallest absolute Gasteiger partial charge is 0.268 e. The van der Waals surface area contributed by atoms with Crippen molar-refractivity contribution >= 4 is 27.3 Å². The van der Waals surface area contributed by atoms with Gasteiger partial charge in [0.05, 0.1) is 36.7 Å². The predicted molar refractivity (Wildman–Crippen MR) is 124 cm³/mol. The second-order valence-electron chi connectivity index (χ2n) is 6.49. The molecule has 8 nitrogen and oxygen atoms in total. The van der Waals surface area contributed by atoms with Gasteiger partial charge in [-0.05, 0) is 30.3 Å². The quantitative estimate of drug-likeness (QED) is 0.493. The molecule has 172 valence electrons. The van der Waals surface area contributed by atoms with Gasteiger partial charge in [-0.2, -0.15) is 0 Å². The highest BCUT2D eigenvalue weighted by Gasteiger charge is 2.24. The number of ether oxygens (including phenoxy) is 3. The van der Waals surface area contributed by atoms with Crippen LogP contribution in [-0.4, -0.2) is 47.4 Å². The zero-order chi connectivity index (χ0) is 24.0. The van der Waals surface area contributed by atoms with Gasteiger partial charge in [-0.1, -0.05) is 17.9 Å². The SMILES string of the molecule is COc1cccc(S(=O)(=O)NC(=O)c2cc(-c3ccc(C#CCO)s3)c(OC)cc2OC)c1. The van der Waals surface area contributed by atoms with Crippen LogP contribution in [0.5, 0.6) is 17.2 Å². The molecule has 3 aromatic rings. The molecule has 2 aromatic carbocycles. The average molecular weight is 488 g/mol. The number of methoxy groups -OCH3 is 3. The van der Waals surface area contributed by atoms with E-state index in [1.165, 1.54) is 63.0 Å². The molecule has 0 aliphatic carbocycles. The zero-order valence-corrected chi connectivity index (χ0v) is 19.7. The van der Waals surface area contributed by atoms with Crippen LogP contribution in [-0.2, 0) is 10.0 Å². The summed E-state index contributed by atoms with van der Waals surface area (Å²) in [5, 5.41) is 8.89. The van der Waals surface area contributed by atoms with E-state index in [1.807, 2.05) is 0 Å². The van der Waals surface area contributed by atoms with Crippen LogP contribution in [0.3, 0.4) is 0 Å². The van der Waals surface area contributed by atoms with Gasteiger partial charge in [0.15, 0.2) is 0 Å². The van der Waals surface area contributed by atoms with E-state index in [0.29, 0.717) is 21.9 Å². The first-order valence-electron chi connectivity index (χ1n) is 9.50. The molecule has 3 rings (SSSR count). The van der Waals surface area contributed by atoms with Gasteiger partial charge < -0.3 is 19.3 Å². The highest BCUT2D eigenvalue weighted by atomic mass is 32.2. The number of sulfonamides is 1.